The van der Waals surface area contributed by atoms with Crippen molar-refractivity contribution in [1.29, 1.82) is 0 Å². The van der Waals surface area contributed by atoms with Crippen LogP contribution >= 0.6 is 0 Å². The van der Waals surface area contributed by atoms with Crippen molar-refractivity contribution >= 4 is 0 Å². The van der Waals surface area contributed by atoms with Gasteiger partial charge < -0.3 is 5.32 Å². The van der Waals surface area contributed by atoms with Gasteiger partial charge in [-0.3, -0.25) is 0 Å². The van der Waals surface area contributed by atoms with E-state index in [9.17, 15) is 0 Å². The minimum atomic E-state index is 0.416. The van der Waals surface area contributed by atoms with Gasteiger partial charge in [0.2, 0.25) is 0 Å². The predicted molar refractivity (Wildman–Crippen MR) is 84.1 cm³/mol. The largest absolute Gasteiger partial charge is 0.310 e. The number of unbranched alkanes of at least 4 members (excludes halogenated alkanes) is 2. The lowest BCUT2D eigenvalue weighted by Gasteiger charge is -2.15. The van der Waals surface area contributed by atoms with E-state index < -0.39 is 0 Å². The fraction of sp³-hybridized carbons (Fsp3) is 0.556. The highest BCUT2D eigenvalue weighted by Gasteiger charge is 2.04. The average molecular weight is 257 g/mol. The minimum Gasteiger partial charge on any atom is -0.310 e. The zero-order chi connectivity index (χ0) is 14.1. The molecule has 0 fully saturated rings. The molecule has 0 heterocycles. The maximum Gasteiger partial charge on any atom is 0.0291 e. The molecule has 0 aliphatic heterocycles. The SMILES string of the molecule is C#CCCCCNC(C)c1ccc(CC(C)C)cc1. The molecule has 1 rings (SSSR count). The molecule has 0 spiro atoms. The van der Waals surface area contributed by atoms with E-state index in [4.69, 9.17) is 6.42 Å². The molecule has 0 aliphatic rings. The van der Waals surface area contributed by atoms with Crippen LogP contribution < -0.4 is 5.32 Å². The Morgan fingerprint density at radius 1 is 1.11 bits per heavy atom. The molecule has 1 atom stereocenters. The number of nitrogens with one attached hydrogen (secondary N) is 1. The molecule has 104 valence electrons. The van der Waals surface area contributed by atoms with Crippen molar-refractivity contribution in [2.75, 3.05) is 6.54 Å². The van der Waals surface area contributed by atoms with Crippen molar-refractivity contribution < 1.29 is 0 Å². The standard InChI is InChI=1S/C18H27N/c1-5-6-7-8-13-19-16(4)18-11-9-17(10-12-18)14-15(2)3/h1,9-12,15-16,19H,6-8,13-14H2,2-4H3. The minimum absolute atomic E-state index is 0.416. The summed E-state index contributed by atoms with van der Waals surface area (Å²) in [5.41, 5.74) is 2.80. The van der Waals surface area contributed by atoms with E-state index in [1.54, 1.807) is 0 Å². The van der Waals surface area contributed by atoms with Gasteiger partial charge in [0.15, 0.2) is 0 Å². The van der Waals surface area contributed by atoms with Crippen molar-refractivity contribution in [2.45, 2.75) is 52.5 Å². The third kappa shape index (κ3) is 6.45. The number of benzene rings is 1. The van der Waals surface area contributed by atoms with E-state index in [0.717, 1.165) is 38.1 Å². The van der Waals surface area contributed by atoms with Crippen molar-refractivity contribution in [3.05, 3.63) is 35.4 Å². The van der Waals surface area contributed by atoms with Crippen LogP contribution in [0.5, 0.6) is 0 Å². The second kappa shape index (κ2) is 8.77. The highest BCUT2D eigenvalue weighted by molar-refractivity contribution is 5.25. The molecule has 1 aromatic carbocycles. The summed E-state index contributed by atoms with van der Waals surface area (Å²) >= 11 is 0. The van der Waals surface area contributed by atoms with E-state index in [1.807, 2.05) is 0 Å². The van der Waals surface area contributed by atoms with Gasteiger partial charge >= 0.3 is 0 Å². The first-order chi connectivity index (χ1) is 9.13. The molecule has 0 bridgehead atoms. The normalized spacial score (nSPS) is 12.4. The third-order valence-electron chi connectivity index (χ3n) is 3.32. The van der Waals surface area contributed by atoms with Crippen LogP contribution in [0.25, 0.3) is 0 Å². The fourth-order valence-corrected chi connectivity index (χ4v) is 2.20. The summed E-state index contributed by atoms with van der Waals surface area (Å²) < 4.78 is 0. The average Bonchev–Trinajstić information content (AvgIpc) is 2.38. The molecule has 0 amide bonds. The summed E-state index contributed by atoms with van der Waals surface area (Å²) in [7, 11) is 0. The van der Waals surface area contributed by atoms with Crippen LogP contribution in [0.1, 0.15) is 57.2 Å². The van der Waals surface area contributed by atoms with Gasteiger partial charge in [-0.2, -0.15) is 0 Å². The zero-order valence-electron chi connectivity index (χ0n) is 12.6. The Kier molecular flexibility index (Phi) is 7.30. The van der Waals surface area contributed by atoms with Crippen LogP contribution in [0.15, 0.2) is 24.3 Å². The Balaban J connectivity index is 2.36. The molecule has 0 aliphatic carbocycles. The number of rotatable bonds is 8. The van der Waals surface area contributed by atoms with Gasteiger partial charge in [-0.25, -0.2) is 0 Å². The van der Waals surface area contributed by atoms with Crippen molar-refractivity contribution in [3.8, 4) is 12.3 Å². The molecule has 0 radical (unpaired) electrons. The molecule has 1 heteroatoms. The van der Waals surface area contributed by atoms with Crippen molar-refractivity contribution in [3.63, 3.8) is 0 Å². The number of hydrogen-bond acceptors (Lipinski definition) is 1. The molecule has 0 saturated heterocycles. The smallest absolute Gasteiger partial charge is 0.0291 e. The summed E-state index contributed by atoms with van der Waals surface area (Å²) in [6.07, 6.45) is 9.56. The lowest BCUT2D eigenvalue weighted by molar-refractivity contribution is 0.549. The van der Waals surface area contributed by atoms with Gasteiger partial charge in [-0.1, -0.05) is 38.1 Å². The molecule has 1 N–H and O–H groups in total. The Morgan fingerprint density at radius 2 is 1.79 bits per heavy atom. The predicted octanol–water partition coefficient (Wildman–Crippen LogP) is 4.34. The molecule has 19 heavy (non-hydrogen) atoms. The van der Waals surface area contributed by atoms with E-state index in [0.29, 0.717) is 6.04 Å². The Bertz CT molecular complexity index is 383. The molecule has 0 aromatic heterocycles. The quantitative estimate of drug-likeness (QED) is 0.539. The van der Waals surface area contributed by atoms with Crippen molar-refractivity contribution in [2.24, 2.45) is 5.92 Å². The second-order valence-corrected chi connectivity index (χ2v) is 5.68. The van der Waals surface area contributed by atoms with Gasteiger partial charge in [-0.05, 0) is 49.8 Å². The number of terminal acetylenes is 1. The van der Waals surface area contributed by atoms with Gasteiger partial charge in [0.1, 0.15) is 0 Å². The van der Waals surface area contributed by atoms with Gasteiger partial charge in [0.05, 0.1) is 0 Å². The highest BCUT2D eigenvalue weighted by Crippen LogP contribution is 2.15. The van der Waals surface area contributed by atoms with E-state index in [2.05, 4.69) is 56.3 Å². The first-order valence-corrected chi connectivity index (χ1v) is 7.39. The summed E-state index contributed by atoms with van der Waals surface area (Å²) in [4.78, 5) is 0. The van der Waals surface area contributed by atoms with Gasteiger partial charge in [0, 0.05) is 12.5 Å². The Morgan fingerprint density at radius 3 is 2.37 bits per heavy atom. The van der Waals surface area contributed by atoms with E-state index in [1.165, 1.54) is 11.1 Å². The summed E-state index contributed by atoms with van der Waals surface area (Å²) in [6.45, 7) is 7.78. The van der Waals surface area contributed by atoms with Crippen LogP contribution in [-0.4, -0.2) is 6.54 Å². The first kappa shape index (κ1) is 15.8. The van der Waals surface area contributed by atoms with E-state index in [-0.39, 0.29) is 0 Å². The van der Waals surface area contributed by atoms with Crippen LogP contribution in [0.2, 0.25) is 0 Å². The molecular formula is C18H27N. The molecule has 0 saturated carbocycles. The van der Waals surface area contributed by atoms with Crippen LogP contribution in [0, 0.1) is 18.3 Å². The van der Waals surface area contributed by atoms with Gasteiger partial charge in [0.25, 0.3) is 0 Å². The highest BCUT2D eigenvalue weighted by atomic mass is 14.9. The third-order valence-corrected chi connectivity index (χ3v) is 3.32. The summed E-state index contributed by atoms with van der Waals surface area (Å²) in [5, 5.41) is 3.55. The van der Waals surface area contributed by atoms with Crippen LogP contribution in [-0.2, 0) is 6.42 Å². The van der Waals surface area contributed by atoms with Crippen LogP contribution in [0.4, 0.5) is 0 Å². The zero-order valence-corrected chi connectivity index (χ0v) is 12.6. The topological polar surface area (TPSA) is 12.0 Å². The molecule has 1 unspecified atom stereocenters. The monoisotopic (exact) mass is 257 g/mol. The van der Waals surface area contributed by atoms with E-state index >= 15 is 0 Å². The second-order valence-electron chi connectivity index (χ2n) is 5.68. The fourth-order valence-electron chi connectivity index (χ4n) is 2.20. The maximum atomic E-state index is 5.24. The lowest BCUT2D eigenvalue weighted by Crippen LogP contribution is -2.19. The van der Waals surface area contributed by atoms with Crippen LogP contribution in [0.3, 0.4) is 0 Å². The summed E-state index contributed by atoms with van der Waals surface area (Å²) in [5.74, 6) is 3.40. The first-order valence-electron chi connectivity index (χ1n) is 7.39. The number of hydrogen-bond donors (Lipinski definition) is 1. The molecular weight excluding hydrogens is 230 g/mol. The van der Waals surface area contributed by atoms with Crippen molar-refractivity contribution in [1.82, 2.24) is 5.32 Å². The molecule has 1 nitrogen and oxygen atoms in total. The molecule has 1 aromatic rings. The summed E-state index contributed by atoms with van der Waals surface area (Å²) in [6, 6.07) is 9.42. The lowest BCUT2D eigenvalue weighted by atomic mass is 10.00. The Hall–Kier alpha value is -1.26. The Labute approximate surface area is 118 Å². The maximum absolute atomic E-state index is 5.24. The van der Waals surface area contributed by atoms with Gasteiger partial charge in [-0.15, -0.1) is 12.3 Å².